The van der Waals surface area contributed by atoms with E-state index in [9.17, 15) is 14.7 Å². The first-order chi connectivity index (χ1) is 10.4. The molecule has 1 aliphatic rings. The summed E-state index contributed by atoms with van der Waals surface area (Å²) >= 11 is 0. The first-order valence-corrected chi connectivity index (χ1v) is 7.10. The van der Waals surface area contributed by atoms with Crippen molar-refractivity contribution in [3.8, 4) is 5.75 Å². The van der Waals surface area contributed by atoms with Crippen molar-refractivity contribution in [3.05, 3.63) is 29.8 Å². The van der Waals surface area contributed by atoms with Gasteiger partial charge in [0.15, 0.2) is 0 Å². The average Bonchev–Trinajstić information content (AvgIpc) is 2.48. The molecule has 0 aromatic heterocycles. The van der Waals surface area contributed by atoms with Crippen LogP contribution in [-0.2, 0) is 5.54 Å². The summed E-state index contributed by atoms with van der Waals surface area (Å²) in [6, 6.07) is 7.16. The molecule has 1 fully saturated rings. The van der Waals surface area contributed by atoms with Gasteiger partial charge in [-0.05, 0) is 43.4 Å². The fraction of sp³-hybridized carbons (Fsp3) is 0.467. The van der Waals surface area contributed by atoms with Crippen molar-refractivity contribution in [3.63, 3.8) is 0 Å². The highest BCUT2D eigenvalue weighted by Gasteiger charge is 2.38. The fourth-order valence-electron chi connectivity index (χ4n) is 3.04. The van der Waals surface area contributed by atoms with Crippen molar-refractivity contribution in [2.75, 3.05) is 7.11 Å². The van der Waals surface area contributed by atoms with E-state index in [-0.39, 0.29) is 6.04 Å². The monoisotopic (exact) mass is 308 g/mol. The van der Waals surface area contributed by atoms with E-state index in [1.54, 1.807) is 13.2 Å². The average molecular weight is 308 g/mol. The number of hydrogen-bond acceptors (Lipinski definition) is 3. The topological polar surface area (TPSA) is 108 Å². The van der Waals surface area contributed by atoms with Crippen molar-refractivity contribution in [1.29, 1.82) is 0 Å². The molecule has 0 aliphatic heterocycles. The molecule has 1 aromatic rings. The highest BCUT2D eigenvalue weighted by atomic mass is 16.5. The molecular formula is C15H20N2O5. The van der Waals surface area contributed by atoms with Crippen LogP contribution >= 0.6 is 0 Å². The Bertz CT molecular complexity index is 553. The minimum atomic E-state index is -1.09. The van der Waals surface area contributed by atoms with Crippen LogP contribution in [0, 0.1) is 0 Å². The summed E-state index contributed by atoms with van der Waals surface area (Å²) in [6.07, 6.45) is 0.0557. The number of ether oxygens (including phenoxy) is 1. The number of benzene rings is 1. The zero-order chi connectivity index (χ0) is 16.2. The Morgan fingerprint density at radius 2 is 1.91 bits per heavy atom. The molecule has 0 unspecified atom stereocenters. The van der Waals surface area contributed by atoms with Gasteiger partial charge >= 0.3 is 12.2 Å². The third-order valence-electron chi connectivity index (χ3n) is 4.14. The number of amides is 2. The fourth-order valence-corrected chi connectivity index (χ4v) is 3.04. The standard InChI is InChI=1S/C15H20N2O5/c1-22-12-4-2-3-10(9-12)15(17-14(20)21)7-5-11(6-8-15)16-13(18)19/h2-4,9,11,16-17H,5-8H2,1H3,(H,18,19)(H,20,21)/t11-,15+. The van der Waals surface area contributed by atoms with Gasteiger partial charge in [0.05, 0.1) is 12.6 Å². The predicted octanol–water partition coefficient (Wildman–Crippen LogP) is 2.37. The van der Waals surface area contributed by atoms with Crippen LogP contribution in [0.25, 0.3) is 0 Å². The molecule has 2 rings (SSSR count). The van der Waals surface area contributed by atoms with Crippen molar-refractivity contribution in [1.82, 2.24) is 10.6 Å². The van der Waals surface area contributed by atoms with E-state index in [0.29, 0.717) is 31.4 Å². The summed E-state index contributed by atoms with van der Waals surface area (Å²) in [5, 5.41) is 23.1. The van der Waals surface area contributed by atoms with Crippen LogP contribution in [0.1, 0.15) is 31.2 Å². The molecule has 7 heteroatoms. The molecule has 0 radical (unpaired) electrons. The minimum absolute atomic E-state index is 0.146. The Morgan fingerprint density at radius 3 is 2.45 bits per heavy atom. The van der Waals surface area contributed by atoms with E-state index in [0.717, 1.165) is 5.56 Å². The molecule has 4 N–H and O–H groups in total. The van der Waals surface area contributed by atoms with Crippen molar-refractivity contribution in [2.45, 2.75) is 37.3 Å². The summed E-state index contributed by atoms with van der Waals surface area (Å²) < 4.78 is 5.20. The lowest BCUT2D eigenvalue weighted by atomic mass is 9.75. The van der Waals surface area contributed by atoms with Crippen LogP contribution in [0.2, 0.25) is 0 Å². The molecule has 22 heavy (non-hydrogen) atoms. The van der Waals surface area contributed by atoms with E-state index in [2.05, 4.69) is 10.6 Å². The second kappa shape index (κ2) is 6.55. The third kappa shape index (κ3) is 3.60. The maximum atomic E-state index is 11.2. The lowest BCUT2D eigenvalue weighted by molar-refractivity contribution is 0.148. The normalized spacial score (nSPS) is 24.3. The molecule has 0 heterocycles. The van der Waals surface area contributed by atoms with Crippen LogP contribution in [0.3, 0.4) is 0 Å². The van der Waals surface area contributed by atoms with E-state index in [4.69, 9.17) is 9.84 Å². The second-order valence-electron chi connectivity index (χ2n) is 5.47. The SMILES string of the molecule is COc1cccc([C@]2(NC(=O)O)CC[C@@H](NC(=O)O)CC2)c1. The molecule has 0 saturated heterocycles. The molecule has 1 aliphatic carbocycles. The minimum Gasteiger partial charge on any atom is -0.497 e. The molecule has 7 nitrogen and oxygen atoms in total. The quantitative estimate of drug-likeness (QED) is 0.683. The van der Waals surface area contributed by atoms with Gasteiger partial charge in [-0.1, -0.05) is 12.1 Å². The Balaban J connectivity index is 2.22. The van der Waals surface area contributed by atoms with Crippen molar-refractivity contribution >= 4 is 12.2 Å². The van der Waals surface area contributed by atoms with Crippen molar-refractivity contribution in [2.24, 2.45) is 0 Å². The van der Waals surface area contributed by atoms with Gasteiger partial charge < -0.3 is 25.6 Å². The molecule has 1 aromatic carbocycles. The largest absolute Gasteiger partial charge is 0.497 e. The molecular weight excluding hydrogens is 288 g/mol. The van der Waals surface area contributed by atoms with Gasteiger partial charge in [0.2, 0.25) is 0 Å². The van der Waals surface area contributed by atoms with Crippen molar-refractivity contribution < 1.29 is 24.5 Å². The molecule has 120 valence electrons. The summed E-state index contributed by atoms with van der Waals surface area (Å²) in [6.45, 7) is 0. The van der Waals surface area contributed by atoms with Gasteiger partial charge in [-0.15, -0.1) is 0 Å². The highest BCUT2D eigenvalue weighted by Crippen LogP contribution is 2.38. The molecule has 0 spiro atoms. The number of carboxylic acid groups (broad SMARTS) is 2. The number of carbonyl (C=O) groups is 2. The zero-order valence-electron chi connectivity index (χ0n) is 12.3. The first-order valence-electron chi connectivity index (χ1n) is 7.10. The number of rotatable bonds is 4. The lowest BCUT2D eigenvalue weighted by Crippen LogP contribution is -2.50. The molecule has 0 bridgehead atoms. The Labute approximate surface area is 128 Å². The van der Waals surface area contributed by atoms with Gasteiger partial charge in [-0.25, -0.2) is 9.59 Å². The smallest absolute Gasteiger partial charge is 0.405 e. The van der Waals surface area contributed by atoms with Gasteiger partial charge in [-0.2, -0.15) is 0 Å². The van der Waals surface area contributed by atoms with Crippen LogP contribution in [0.5, 0.6) is 5.75 Å². The Hall–Kier alpha value is -2.44. The van der Waals surface area contributed by atoms with E-state index in [1.807, 2.05) is 18.2 Å². The summed E-state index contributed by atoms with van der Waals surface area (Å²) in [5.74, 6) is 0.662. The van der Waals surface area contributed by atoms with Gasteiger partial charge in [-0.3, -0.25) is 0 Å². The maximum absolute atomic E-state index is 11.2. The molecule has 0 atom stereocenters. The van der Waals surface area contributed by atoms with E-state index >= 15 is 0 Å². The van der Waals surface area contributed by atoms with Gasteiger partial charge in [0, 0.05) is 6.04 Å². The number of methoxy groups -OCH3 is 1. The van der Waals surface area contributed by atoms with E-state index < -0.39 is 17.7 Å². The lowest BCUT2D eigenvalue weighted by Gasteiger charge is -2.40. The predicted molar refractivity (Wildman–Crippen MR) is 79.2 cm³/mol. The molecule has 1 saturated carbocycles. The summed E-state index contributed by atoms with van der Waals surface area (Å²) in [7, 11) is 1.56. The molecule has 2 amide bonds. The van der Waals surface area contributed by atoms with E-state index in [1.165, 1.54) is 0 Å². The second-order valence-corrected chi connectivity index (χ2v) is 5.47. The third-order valence-corrected chi connectivity index (χ3v) is 4.14. The summed E-state index contributed by atoms with van der Waals surface area (Å²) in [5.41, 5.74) is 0.125. The maximum Gasteiger partial charge on any atom is 0.405 e. The summed E-state index contributed by atoms with van der Waals surface area (Å²) in [4.78, 5) is 21.9. The first kappa shape index (κ1) is 15.9. The van der Waals surface area contributed by atoms with Gasteiger partial charge in [0.1, 0.15) is 5.75 Å². The van der Waals surface area contributed by atoms with Crippen LogP contribution in [-0.4, -0.2) is 35.6 Å². The highest BCUT2D eigenvalue weighted by molar-refractivity contribution is 5.66. The van der Waals surface area contributed by atoms with Gasteiger partial charge in [0.25, 0.3) is 0 Å². The number of nitrogens with one attached hydrogen (secondary N) is 2. The van der Waals surface area contributed by atoms with Crippen LogP contribution in [0.15, 0.2) is 24.3 Å². The zero-order valence-corrected chi connectivity index (χ0v) is 12.3. The Morgan fingerprint density at radius 1 is 1.23 bits per heavy atom. The van der Waals surface area contributed by atoms with Crippen LogP contribution < -0.4 is 15.4 Å². The number of hydrogen-bond donors (Lipinski definition) is 4. The van der Waals surface area contributed by atoms with Crippen LogP contribution in [0.4, 0.5) is 9.59 Å². The Kier molecular flexibility index (Phi) is 4.75.